The number of hydrogen-bond donors (Lipinski definition) is 1. The summed E-state index contributed by atoms with van der Waals surface area (Å²) in [5.41, 5.74) is 1.92. The maximum absolute atomic E-state index is 4.14. The standard InChI is InChI=1S/C12H18N2S/c1-8(12-6-13-7-15-12)14-11-5-9-2-3-10(11)4-9/h6-11,14H,2-5H2,1H3. The zero-order valence-electron chi connectivity index (χ0n) is 9.15. The molecule has 0 radical (unpaired) electrons. The van der Waals surface area contributed by atoms with Crippen LogP contribution in [-0.4, -0.2) is 11.0 Å². The van der Waals surface area contributed by atoms with Crippen molar-refractivity contribution in [3.63, 3.8) is 0 Å². The summed E-state index contributed by atoms with van der Waals surface area (Å²) in [4.78, 5) is 5.52. The Hall–Kier alpha value is -0.410. The van der Waals surface area contributed by atoms with E-state index >= 15 is 0 Å². The molecule has 1 N–H and O–H groups in total. The van der Waals surface area contributed by atoms with Crippen LogP contribution < -0.4 is 5.32 Å². The van der Waals surface area contributed by atoms with Crippen molar-refractivity contribution in [1.29, 1.82) is 0 Å². The lowest BCUT2D eigenvalue weighted by Gasteiger charge is -2.26. The van der Waals surface area contributed by atoms with E-state index in [1.165, 1.54) is 30.6 Å². The van der Waals surface area contributed by atoms with Crippen molar-refractivity contribution in [2.45, 2.75) is 44.7 Å². The van der Waals surface area contributed by atoms with E-state index in [-0.39, 0.29) is 0 Å². The minimum Gasteiger partial charge on any atom is -0.306 e. The Morgan fingerprint density at radius 1 is 1.47 bits per heavy atom. The van der Waals surface area contributed by atoms with Gasteiger partial charge in [0.2, 0.25) is 0 Å². The van der Waals surface area contributed by atoms with Crippen LogP contribution in [0.15, 0.2) is 11.7 Å². The maximum Gasteiger partial charge on any atom is 0.0794 e. The van der Waals surface area contributed by atoms with Crippen LogP contribution >= 0.6 is 11.3 Å². The molecule has 0 saturated heterocycles. The number of nitrogens with zero attached hydrogens (tertiary/aromatic N) is 1. The van der Waals surface area contributed by atoms with E-state index in [4.69, 9.17) is 0 Å². The van der Waals surface area contributed by atoms with Gasteiger partial charge in [-0.3, -0.25) is 4.98 Å². The van der Waals surface area contributed by atoms with Crippen LogP contribution in [0, 0.1) is 11.8 Å². The number of aromatic nitrogens is 1. The molecule has 2 aliphatic carbocycles. The minimum absolute atomic E-state index is 0.488. The van der Waals surface area contributed by atoms with Crippen molar-refractivity contribution in [2.75, 3.05) is 0 Å². The molecule has 15 heavy (non-hydrogen) atoms. The van der Waals surface area contributed by atoms with Gasteiger partial charge in [-0.05, 0) is 38.0 Å². The summed E-state index contributed by atoms with van der Waals surface area (Å²) >= 11 is 1.76. The number of fused-ring (bicyclic) bond motifs is 2. The predicted molar refractivity (Wildman–Crippen MR) is 62.9 cm³/mol. The van der Waals surface area contributed by atoms with Gasteiger partial charge in [-0.1, -0.05) is 6.42 Å². The third-order valence-electron chi connectivity index (χ3n) is 4.08. The highest BCUT2D eigenvalue weighted by Gasteiger charge is 2.39. The summed E-state index contributed by atoms with van der Waals surface area (Å²) in [6, 6.07) is 1.27. The van der Waals surface area contributed by atoms with Crippen LogP contribution in [0.1, 0.15) is 43.5 Å². The first-order chi connectivity index (χ1) is 7.33. The van der Waals surface area contributed by atoms with Gasteiger partial charge in [-0.2, -0.15) is 0 Å². The van der Waals surface area contributed by atoms with Gasteiger partial charge in [0.15, 0.2) is 0 Å². The quantitative estimate of drug-likeness (QED) is 0.850. The highest BCUT2D eigenvalue weighted by molar-refractivity contribution is 7.09. The summed E-state index contributed by atoms with van der Waals surface area (Å²) in [5.74, 6) is 1.99. The highest BCUT2D eigenvalue weighted by Crippen LogP contribution is 2.45. The Kier molecular flexibility index (Phi) is 2.53. The first kappa shape index (κ1) is 9.79. The van der Waals surface area contributed by atoms with E-state index in [2.05, 4.69) is 17.2 Å². The van der Waals surface area contributed by atoms with Crippen molar-refractivity contribution >= 4 is 11.3 Å². The fourth-order valence-electron chi connectivity index (χ4n) is 3.29. The van der Waals surface area contributed by atoms with Crippen molar-refractivity contribution in [2.24, 2.45) is 11.8 Å². The van der Waals surface area contributed by atoms with Gasteiger partial charge in [0, 0.05) is 23.2 Å². The molecular weight excluding hydrogens is 204 g/mol. The van der Waals surface area contributed by atoms with Crippen LogP contribution in [0.3, 0.4) is 0 Å². The molecule has 1 aromatic heterocycles. The molecule has 2 fully saturated rings. The Bertz CT molecular complexity index is 322. The van der Waals surface area contributed by atoms with Crippen LogP contribution in [0.2, 0.25) is 0 Å². The lowest BCUT2D eigenvalue weighted by atomic mass is 9.95. The number of rotatable bonds is 3. The van der Waals surface area contributed by atoms with Crippen LogP contribution in [0.25, 0.3) is 0 Å². The SMILES string of the molecule is CC(NC1CC2CCC1C2)c1cncs1. The Labute approximate surface area is 95.1 Å². The maximum atomic E-state index is 4.14. The molecule has 2 aliphatic rings. The van der Waals surface area contributed by atoms with Gasteiger partial charge in [0.1, 0.15) is 0 Å². The summed E-state index contributed by atoms with van der Waals surface area (Å²) in [6.07, 6.45) is 7.83. The second kappa shape index (κ2) is 3.87. The molecular formula is C12H18N2S. The average molecular weight is 222 g/mol. The van der Waals surface area contributed by atoms with Crippen molar-refractivity contribution in [1.82, 2.24) is 10.3 Å². The summed E-state index contributed by atoms with van der Waals surface area (Å²) in [5, 5.41) is 3.78. The Morgan fingerprint density at radius 3 is 3.00 bits per heavy atom. The lowest BCUT2D eigenvalue weighted by molar-refractivity contribution is 0.328. The average Bonchev–Trinajstić information content (AvgIpc) is 2.95. The number of hydrogen-bond acceptors (Lipinski definition) is 3. The van der Waals surface area contributed by atoms with E-state index < -0.39 is 0 Å². The monoisotopic (exact) mass is 222 g/mol. The zero-order valence-corrected chi connectivity index (χ0v) is 9.96. The molecule has 1 aromatic rings. The van der Waals surface area contributed by atoms with E-state index in [0.29, 0.717) is 6.04 Å². The number of nitrogens with one attached hydrogen (secondary N) is 1. The van der Waals surface area contributed by atoms with E-state index in [9.17, 15) is 0 Å². The molecule has 2 nitrogen and oxygen atoms in total. The molecule has 82 valence electrons. The van der Waals surface area contributed by atoms with Gasteiger partial charge in [0.05, 0.1) is 5.51 Å². The normalized spacial score (nSPS) is 35.9. The molecule has 2 bridgehead atoms. The minimum atomic E-state index is 0.488. The highest BCUT2D eigenvalue weighted by atomic mass is 32.1. The van der Waals surface area contributed by atoms with Gasteiger partial charge in [-0.15, -0.1) is 11.3 Å². The van der Waals surface area contributed by atoms with Crippen LogP contribution in [-0.2, 0) is 0 Å². The molecule has 3 rings (SSSR count). The van der Waals surface area contributed by atoms with E-state index in [1.807, 2.05) is 11.7 Å². The summed E-state index contributed by atoms with van der Waals surface area (Å²) in [6.45, 7) is 2.26. The Balaban J connectivity index is 1.62. The lowest BCUT2D eigenvalue weighted by Crippen LogP contribution is -2.35. The summed E-state index contributed by atoms with van der Waals surface area (Å²) < 4.78 is 0. The molecule has 2 saturated carbocycles. The molecule has 4 atom stereocenters. The first-order valence-corrected chi connectivity index (χ1v) is 6.85. The topological polar surface area (TPSA) is 24.9 Å². The first-order valence-electron chi connectivity index (χ1n) is 5.97. The van der Waals surface area contributed by atoms with Crippen molar-refractivity contribution < 1.29 is 0 Å². The summed E-state index contributed by atoms with van der Waals surface area (Å²) in [7, 11) is 0. The Morgan fingerprint density at radius 2 is 2.40 bits per heavy atom. The van der Waals surface area contributed by atoms with E-state index in [0.717, 1.165) is 17.9 Å². The third kappa shape index (κ3) is 1.83. The molecule has 1 heterocycles. The number of thiazole rings is 1. The smallest absolute Gasteiger partial charge is 0.0794 e. The van der Waals surface area contributed by atoms with Gasteiger partial charge >= 0.3 is 0 Å². The molecule has 3 heteroatoms. The molecule has 4 unspecified atom stereocenters. The zero-order chi connectivity index (χ0) is 10.3. The van der Waals surface area contributed by atoms with Crippen LogP contribution in [0.4, 0.5) is 0 Å². The third-order valence-corrected chi connectivity index (χ3v) is 5.04. The molecule has 0 amide bonds. The van der Waals surface area contributed by atoms with E-state index in [1.54, 1.807) is 11.3 Å². The van der Waals surface area contributed by atoms with Crippen molar-refractivity contribution in [3.05, 3.63) is 16.6 Å². The second-order valence-electron chi connectivity index (χ2n) is 5.07. The largest absolute Gasteiger partial charge is 0.306 e. The van der Waals surface area contributed by atoms with Gasteiger partial charge in [-0.25, -0.2) is 0 Å². The molecule has 0 spiro atoms. The van der Waals surface area contributed by atoms with Gasteiger partial charge < -0.3 is 5.32 Å². The molecule has 0 aliphatic heterocycles. The van der Waals surface area contributed by atoms with Crippen LogP contribution in [0.5, 0.6) is 0 Å². The fourth-order valence-corrected chi connectivity index (χ4v) is 3.93. The van der Waals surface area contributed by atoms with Crippen molar-refractivity contribution in [3.8, 4) is 0 Å². The second-order valence-corrected chi connectivity index (χ2v) is 5.99. The molecule has 0 aromatic carbocycles. The fraction of sp³-hybridized carbons (Fsp3) is 0.750. The van der Waals surface area contributed by atoms with Gasteiger partial charge in [0.25, 0.3) is 0 Å². The predicted octanol–water partition coefficient (Wildman–Crippen LogP) is 2.98.